The Morgan fingerprint density at radius 2 is 1.57 bits per heavy atom. The molecule has 1 heterocycles. The molecule has 1 aliphatic rings. The molecule has 0 amide bonds. The number of hydrogen-bond donors (Lipinski definition) is 0. The molecule has 0 bridgehead atoms. The molecule has 1 atom stereocenters. The maximum Gasteiger partial charge on any atom is 0.342 e. The molecule has 0 aromatic heterocycles. The molecule has 0 spiro atoms. The average molecular weight is 387 g/mol. The molecule has 0 N–H and O–H groups in total. The summed E-state index contributed by atoms with van der Waals surface area (Å²) in [6.45, 7) is 0. The van der Waals surface area contributed by atoms with E-state index in [2.05, 4.69) is 0 Å². The lowest BCUT2D eigenvalue weighted by Crippen LogP contribution is -2.42. The lowest BCUT2D eigenvalue weighted by atomic mass is 9.87. The highest BCUT2D eigenvalue weighted by Crippen LogP contribution is 2.44. The van der Waals surface area contributed by atoms with E-state index in [1.807, 2.05) is 60.7 Å². The summed E-state index contributed by atoms with van der Waals surface area (Å²) in [6, 6.07) is 28.1. The van der Waals surface area contributed by atoms with Gasteiger partial charge in [-0.1, -0.05) is 78.3 Å². The maximum absolute atomic E-state index is 13.0. The predicted octanol–water partition coefficient (Wildman–Crippen LogP) is 5.94. The minimum absolute atomic E-state index is 0.421. The van der Waals surface area contributed by atoms with Gasteiger partial charge in [0.2, 0.25) is 0 Å². The zero-order valence-corrected chi connectivity index (χ0v) is 15.5. The van der Waals surface area contributed by atoms with Crippen LogP contribution in [-0.2, 0) is 10.5 Å². The average Bonchev–Trinajstić information content (AvgIpc) is 2.72. The van der Waals surface area contributed by atoms with Crippen LogP contribution in [0.4, 0.5) is 0 Å². The van der Waals surface area contributed by atoms with Crippen LogP contribution in [0.25, 0.3) is 10.8 Å². The number of ether oxygens (including phenoxy) is 2. The molecular weight excluding hydrogens is 372 g/mol. The van der Waals surface area contributed by atoms with E-state index in [0.29, 0.717) is 16.3 Å². The Morgan fingerprint density at radius 3 is 2.36 bits per heavy atom. The first-order valence-corrected chi connectivity index (χ1v) is 9.31. The summed E-state index contributed by atoms with van der Waals surface area (Å²) in [5.74, 6) is -1.31. The summed E-state index contributed by atoms with van der Waals surface area (Å²) in [6.07, 6.45) is 0. The van der Waals surface area contributed by atoms with Crippen molar-refractivity contribution in [2.45, 2.75) is 5.79 Å². The van der Waals surface area contributed by atoms with Crippen molar-refractivity contribution in [2.24, 2.45) is 0 Å². The smallest absolute Gasteiger partial charge is 0.342 e. The van der Waals surface area contributed by atoms with Gasteiger partial charge in [-0.3, -0.25) is 0 Å². The van der Waals surface area contributed by atoms with Crippen LogP contribution in [-0.4, -0.2) is 5.97 Å². The third kappa shape index (κ3) is 2.55. The summed E-state index contributed by atoms with van der Waals surface area (Å²) in [7, 11) is 0. The van der Waals surface area contributed by atoms with Gasteiger partial charge >= 0.3 is 11.8 Å². The summed E-state index contributed by atoms with van der Waals surface area (Å²) < 4.78 is 12.4. The van der Waals surface area contributed by atoms with Gasteiger partial charge in [0.1, 0.15) is 5.75 Å². The number of carbonyl (C=O) groups is 1. The second kappa shape index (κ2) is 6.39. The Bertz CT molecular complexity index is 1200. The van der Waals surface area contributed by atoms with Crippen molar-refractivity contribution < 1.29 is 14.3 Å². The molecule has 0 aliphatic carbocycles. The van der Waals surface area contributed by atoms with E-state index in [1.54, 1.807) is 30.3 Å². The summed E-state index contributed by atoms with van der Waals surface area (Å²) in [5, 5.41) is 2.34. The third-order valence-electron chi connectivity index (χ3n) is 4.93. The normalized spacial score (nSPS) is 18.0. The van der Waals surface area contributed by atoms with Crippen LogP contribution in [0, 0.1) is 0 Å². The second-order valence-corrected chi connectivity index (χ2v) is 7.08. The van der Waals surface area contributed by atoms with E-state index in [9.17, 15) is 4.79 Å². The van der Waals surface area contributed by atoms with Gasteiger partial charge in [0.05, 0.1) is 5.56 Å². The minimum atomic E-state index is -1.41. The Balaban J connectivity index is 1.83. The molecule has 136 valence electrons. The van der Waals surface area contributed by atoms with Crippen molar-refractivity contribution in [1.82, 2.24) is 0 Å². The molecule has 0 radical (unpaired) electrons. The summed E-state index contributed by atoms with van der Waals surface area (Å²) in [5.41, 5.74) is 2.05. The Morgan fingerprint density at radius 1 is 0.821 bits per heavy atom. The van der Waals surface area contributed by atoms with Crippen molar-refractivity contribution in [3.05, 3.63) is 113 Å². The zero-order chi connectivity index (χ0) is 19.1. The Hall–Kier alpha value is -3.30. The molecular formula is C24H15ClO3. The first kappa shape index (κ1) is 16.8. The molecule has 4 aromatic carbocycles. The number of hydrogen-bond acceptors (Lipinski definition) is 3. The molecule has 1 unspecified atom stereocenters. The third-order valence-corrected chi connectivity index (χ3v) is 5.16. The summed E-state index contributed by atoms with van der Waals surface area (Å²) in [4.78, 5) is 13.0. The molecule has 5 rings (SSSR count). The van der Waals surface area contributed by atoms with Crippen LogP contribution < -0.4 is 4.74 Å². The van der Waals surface area contributed by atoms with Crippen LogP contribution in [0.2, 0.25) is 5.02 Å². The first-order chi connectivity index (χ1) is 13.7. The Labute approximate surface area is 167 Å². The number of rotatable bonds is 3. The lowest BCUT2D eigenvalue weighted by molar-refractivity contribution is -0.121. The van der Waals surface area contributed by atoms with Gasteiger partial charge in [-0.25, -0.2) is 4.79 Å². The van der Waals surface area contributed by atoms with Gasteiger partial charge in [0.15, 0.2) is 0 Å². The Kier molecular flexibility index (Phi) is 3.85. The molecule has 0 saturated carbocycles. The highest BCUT2D eigenvalue weighted by atomic mass is 35.5. The highest BCUT2D eigenvalue weighted by molar-refractivity contribution is 6.30. The molecule has 1 aliphatic heterocycles. The number of benzene rings is 4. The summed E-state index contributed by atoms with van der Waals surface area (Å²) >= 11 is 6.16. The van der Waals surface area contributed by atoms with Gasteiger partial charge in [-0.2, -0.15) is 0 Å². The van der Waals surface area contributed by atoms with E-state index in [-0.39, 0.29) is 0 Å². The predicted molar refractivity (Wildman–Crippen MR) is 109 cm³/mol. The molecule has 0 saturated heterocycles. The number of halogens is 1. The quantitative estimate of drug-likeness (QED) is 0.408. The minimum Gasteiger partial charge on any atom is -0.444 e. The van der Waals surface area contributed by atoms with E-state index < -0.39 is 11.8 Å². The number of cyclic esters (lactones) is 1. The van der Waals surface area contributed by atoms with Crippen molar-refractivity contribution in [1.29, 1.82) is 0 Å². The monoisotopic (exact) mass is 386 g/mol. The first-order valence-electron chi connectivity index (χ1n) is 8.93. The van der Waals surface area contributed by atoms with E-state index in [0.717, 1.165) is 21.9 Å². The number of esters is 1. The van der Waals surface area contributed by atoms with Gasteiger partial charge in [-0.15, -0.1) is 0 Å². The van der Waals surface area contributed by atoms with Gasteiger partial charge in [0, 0.05) is 21.5 Å². The van der Waals surface area contributed by atoms with Crippen LogP contribution in [0.5, 0.6) is 5.75 Å². The van der Waals surface area contributed by atoms with Crippen molar-refractivity contribution in [3.8, 4) is 5.75 Å². The van der Waals surface area contributed by atoms with Gasteiger partial charge in [0.25, 0.3) is 0 Å². The van der Waals surface area contributed by atoms with E-state index in [1.165, 1.54) is 0 Å². The standard InChI is InChI=1S/C24H15ClO3/c25-18-11-6-12-19(15-18)27-24(17-9-2-1-3-10-17)21-14-5-8-16-7-4-13-20(22(16)21)23(26)28-24/h1-15H. The fourth-order valence-electron chi connectivity index (χ4n) is 3.73. The SMILES string of the molecule is O=C1OC(Oc2cccc(Cl)c2)(c2ccccc2)c2cccc3cccc1c23. The number of carbonyl (C=O) groups excluding carboxylic acids is 1. The van der Waals surface area contributed by atoms with Crippen LogP contribution in [0.15, 0.2) is 91.0 Å². The van der Waals surface area contributed by atoms with Crippen molar-refractivity contribution >= 4 is 28.3 Å². The fourth-order valence-corrected chi connectivity index (χ4v) is 3.91. The van der Waals surface area contributed by atoms with Crippen LogP contribution in [0.3, 0.4) is 0 Å². The van der Waals surface area contributed by atoms with Crippen molar-refractivity contribution in [2.75, 3.05) is 0 Å². The molecule has 0 fully saturated rings. The highest BCUT2D eigenvalue weighted by Gasteiger charge is 2.46. The zero-order valence-electron chi connectivity index (χ0n) is 14.8. The van der Waals surface area contributed by atoms with Crippen LogP contribution >= 0.6 is 11.6 Å². The fraction of sp³-hybridized carbons (Fsp3) is 0.0417. The van der Waals surface area contributed by atoms with Crippen molar-refractivity contribution in [3.63, 3.8) is 0 Å². The topological polar surface area (TPSA) is 35.5 Å². The van der Waals surface area contributed by atoms with Crippen LogP contribution in [0.1, 0.15) is 21.5 Å². The maximum atomic E-state index is 13.0. The lowest BCUT2D eigenvalue weighted by Gasteiger charge is -2.38. The molecule has 4 aromatic rings. The largest absolute Gasteiger partial charge is 0.444 e. The van der Waals surface area contributed by atoms with E-state index in [4.69, 9.17) is 21.1 Å². The molecule has 3 nitrogen and oxygen atoms in total. The van der Waals surface area contributed by atoms with E-state index >= 15 is 0 Å². The molecule has 4 heteroatoms. The second-order valence-electron chi connectivity index (χ2n) is 6.64. The van der Waals surface area contributed by atoms with Gasteiger partial charge < -0.3 is 9.47 Å². The van der Waals surface area contributed by atoms with Gasteiger partial charge in [-0.05, 0) is 29.7 Å². The molecule has 28 heavy (non-hydrogen) atoms.